The molecule has 0 saturated carbocycles. The van der Waals surface area contributed by atoms with Crippen LogP contribution in [0.2, 0.25) is 0 Å². The maximum atomic E-state index is 5.46. The summed E-state index contributed by atoms with van der Waals surface area (Å²) < 4.78 is 2.49. The van der Waals surface area contributed by atoms with E-state index in [-0.39, 0.29) is 0 Å². The van der Waals surface area contributed by atoms with Gasteiger partial charge in [0.15, 0.2) is 0 Å². The van der Waals surface area contributed by atoms with E-state index in [2.05, 4.69) is 36.4 Å². The summed E-state index contributed by atoms with van der Waals surface area (Å²) in [6.45, 7) is 1.06. The predicted molar refractivity (Wildman–Crippen MR) is 57.8 cm³/mol. The number of nitrogens with zero attached hydrogens (tertiary/aromatic N) is 5. The summed E-state index contributed by atoms with van der Waals surface area (Å²) in [7, 11) is 0. The molecule has 2 rings (SSSR count). The summed E-state index contributed by atoms with van der Waals surface area (Å²) in [6, 6.07) is 3.73. The molecule has 0 radical (unpaired) electrons. The van der Waals surface area contributed by atoms with Gasteiger partial charge in [-0.15, -0.1) is 5.10 Å². The van der Waals surface area contributed by atoms with Crippen LogP contribution in [0.4, 0.5) is 0 Å². The third-order valence-corrected chi connectivity index (χ3v) is 2.48. The highest BCUT2D eigenvalue weighted by Gasteiger charge is 2.12. The Hall–Kier alpha value is -1.34. The molecule has 0 amide bonds. The second kappa shape index (κ2) is 4.45. The number of nitrogens with two attached hydrogens (primary N) is 1. The van der Waals surface area contributed by atoms with Crippen LogP contribution in [0.25, 0.3) is 11.5 Å². The van der Waals surface area contributed by atoms with Crippen molar-refractivity contribution < 1.29 is 0 Å². The van der Waals surface area contributed by atoms with Crippen LogP contribution in [0.5, 0.6) is 0 Å². The van der Waals surface area contributed by atoms with E-state index in [1.165, 1.54) is 0 Å². The van der Waals surface area contributed by atoms with Gasteiger partial charge in [0.25, 0.3) is 0 Å². The number of halogens is 1. The van der Waals surface area contributed by atoms with Gasteiger partial charge < -0.3 is 5.73 Å². The number of pyridine rings is 1. The molecule has 7 heteroatoms. The molecule has 2 aromatic rings. The van der Waals surface area contributed by atoms with Crippen molar-refractivity contribution in [3.8, 4) is 11.5 Å². The fourth-order valence-corrected chi connectivity index (χ4v) is 1.63. The minimum Gasteiger partial charge on any atom is -0.329 e. The molecular weight excluding hydrogens is 260 g/mol. The molecule has 0 aromatic carbocycles. The van der Waals surface area contributed by atoms with Gasteiger partial charge in [0, 0.05) is 17.2 Å². The third-order valence-electron chi connectivity index (χ3n) is 1.84. The molecule has 0 saturated heterocycles. The lowest BCUT2D eigenvalue weighted by molar-refractivity contribution is 0.602. The summed E-state index contributed by atoms with van der Waals surface area (Å²) >= 11 is 3.40. The first kappa shape index (κ1) is 10.2. The van der Waals surface area contributed by atoms with Crippen LogP contribution in [0.1, 0.15) is 0 Å². The van der Waals surface area contributed by atoms with Crippen LogP contribution in [0.3, 0.4) is 0 Å². The van der Waals surface area contributed by atoms with Gasteiger partial charge in [-0.25, -0.2) is 4.68 Å². The van der Waals surface area contributed by atoms with Gasteiger partial charge >= 0.3 is 0 Å². The van der Waals surface area contributed by atoms with Crippen LogP contribution in [0.15, 0.2) is 22.8 Å². The summed E-state index contributed by atoms with van der Waals surface area (Å²) in [6.07, 6.45) is 1.70. The number of hydrogen-bond acceptors (Lipinski definition) is 5. The lowest BCUT2D eigenvalue weighted by atomic mass is 10.3. The minimum absolute atomic E-state index is 0.489. The summed E-state index contributed by atoms with van der Waals surface area (Å²) in [5.74, 6) is 0.618. The molecule has 0 aliphatic carbocycles. The fraction of sp³-hybridized carbons (Fsp3) is 0.250. The highest BCUT2D eigenvalue weighted by Crippen LogP contribution is 2.22. The molecule has 6 nitrogen and oxygen atoms in total. The van der Waals surface area contributed by atoms with Crippen LogP contribution in [-0.4, -0.2) is 31.7 Å². The van der Waals surface area contributed by atoms with Crippen LogP contribution in [0, 0.1) is 0 Å². The van der Waals surface area contributed by atoms with Crippen molar-refractivity contribution in [1.29, 1.82) is 0 Å². The Morgan fingerprint density at radius 1 is 1.47 bits per heavy atom. The van der Waals surface area contributed by atoms with Crippen molar-refractivity contribution in [1.82, 2.24) is 25.2 Å². The van der Waals surface area contributed by atoms with Crippen molar-refractivity contribution in [2.45, 2.75) is 6.54 Å². The van der Waals surface area contributed by atoms with E-state index in [0.29, 0.717) is 18.9 Å². The van der Waals surface area contributed by atoms with Crippen molar-refractivity contribution in [2.75, 3.05) is 6.54 Å². The Labute approximate surface area is 94.6 Å². The lowest BCUT2D eigenvalue weighted by Crippen LogP contribution is -2.12. The van der Waals surface area contributed by atoms with E-state index in [0.717, 1.165) is 10.2 Å². The van der Waals surface area contributed by atoms with Crippen molar-refractivity contribution in [2.24, 2.45) is 5.73 Å². The number of rotatable bonds is 3. The molecule has 0 unspecified atom stereocenters. The van der Waals surface area contributed by atoms with Gasteiger partial charge in [-0.2, -0.15) is 0 Å². The molecule has 78 valence electrons. The Morgan fingerprint density at radius 2 is 2.33 bits per heavy atom. The molecule has 15 heavy (non-hydrogen) atoms. The molecule has 2 aromatic heterocycles. The number of tetrazole rings is 1. The highest BCUT2D eigenvalue weighted by molar-refractivity contribution is 9.10. The predicted octanol–water partition coefficient (Wildman–Crippen LogP) is 0.456. The van der Waals surface area contributed by atoms with E-state index in [1.807, 2.05) is 12.1 Å². The maximum Gasteiger partial charge on any atom is 0.201 e. The smallest absolute Gasteiger partial charge is 0.201 e. The first-order valence-corrected chi connectivity index (χ1v) is 5.19. The Kier molecular flexibility index (Phi) is 3.02. The van der Waals surface area contributed by atoms with Crippen molar-refractivity contribution in [3.05, 3.63) is 22.8 Å². The zero-order valence-electron chi connectivity index (χ0n) is 7.84. The minimum atomic E-state index is 0.489. The standard InChI is InChI=1S/C8H9BrN6/c9-6-2-1-4-11-7(6)8-12-13-14-15(8)5-3-10/h1-2,4H,3,5,10H2. The van der Waals surface area contributed by atoms with Crippen LogP contribution in [-0.2, 0) is 6.54 Å². The number of hydrogen-bond donors (Lipinski definition) is 1. The largest absolute Gasteiger partial charge is 0.329 e. The molecule has 0 atom stereocenters. The van der Waals surface area contributed by atoms with Gasteiger partial charge in [-0.3, -0.25) is 4.98 Å². The third kappa shape index (κ3) is 2.02. The molecule has 0 aliphatic rings. The molecule has 2 heterocycles. The topological polar surface area (TPSA) is 82.5 Å². The molecule has 0 bridgehead atoms. The second-order valence-electron chi connectivity index (χ2n) is 2.85. The van der Waals surface area contributed by atoms with Crippen LogP contribution < -0.4 is 5.73 Å². The summed E-state index contributed by atoms with van der Waals surface area (Å²) in [5.41, 5.74) is 6.17. The maximum absolute atomic E-state index is 5.46. The first-order chi connectivity index (χ1) is 7.33. The van der Waals surface area contributed by atoms with Crippen molar-refractivity contribution in [3.63, 3.8) is 0 Å². The normalized spacial score (nSPS) is 10.5. The highest BCUT2D eigenvalue weighted by atomic mass is 79.9. The van der Waals surface area contributed by atoms with Crippen molar-refractivity contribution >= 4 is 15.9 Å². The zero-order valence-corrected chi connectivity index (χ0v) is 9.42. The first-order valence-electron chi connectivity index (χ1n) is 4.40. The van der Waals surface area contributed by atoms with Gasteiger partial charge in [0.1, 0.15) is 5.69 Å². The van der Waals surface area contributed by atoms with E-state index >= 15 is 0 Å². The SMILES string of the molecule is NCCn1nnnc1-c1ncccc1Br. The van der Waals surface area contributed by atoms with E-state index < -0.39 is 0 Å². The van der Waals surface area contributed by atoms with Gasteiger partial charge in [0.05, 0.1) is 6.54 Å². The number of aromatic nitrogens is 5. The zero-order chi connectivity index (χ0) is 10.7. The monoisotopic (exact) mass is 268 g/mol. The Bertz CT molecular complexity index is 454. The molecule has 0 fully saturated rings. The van der Waals surface area contributed by atoms with Gasteiger partial charge in [0.2, 0.25) is 5.82 Å². The molecule has 0 spiro atoms. The van der Waals surface area contributed by atoms with Gasteiger partial charge in [-0.05, 0) is 38.5 Å². The van der Waals surface area contributed by atoms with E-state index in [9.17, 15) is 0 Å². The van der Waals surface area contributed by atoms with Crippen LogP contribution >= 0.6 is 15.9 Å². The fourth-order valence-electron chi connectivity index (χ4n) is 1.20. The van der Waals surface area contributed by atoms with E-state index in [4.69, 9.17) is 5.73 Å². The Morgan fingerprint density at radius 3 is 3.07 bits per heavy atom. The quantitative estimate of drug-likeness (QED) is 0.875. The van der Waals surface area contributed by atoms with E-state index in [1.54, 1.807) is 10.9 Å². The molecular formula is C8H9BrN6. The average Bonchev–Trinajstić information content (AvgIpc) is 2.67. The Balaban J connectivity index is 2.45. The molecule has 2 N–H and O–H groups in total. The average molecular weight is 269 g/mol. The lowest BCUT2D eigenvalue weighted by Gasteiger charge is -2.03. The van der Waals surface area contributed by atoms with Gasteiger partial charge in [-0.1, -0.05) is 0 Å². The summed E-state index contributed by atoms with van der Waals surface area (Å²) in [5, 5.41) is 11.4. The summed E-state index contributed by atoms with van der Waals surface area (Å²) in [4.78, 5) is 4.21. The molecule has 0 aliphatic heterocycles. The second-order valence-corrected chi connectivity index (χ2v) is 3.70.